The molecule has 0 aliphatic heterocycles. The minimum Gasteiger partial charge on any atom is -0.394 e. The van der Waals surface area contributed by atoms with E-state index in [9.17, 15) is 5.11 Å². The van der Waals surface area contributed by atoms with Crippen LogP contribution in [0.2, 0.25) is 0 Å². The molecule has 3 heteroatoms. The molecule has 2 atom stereocenters. The minimum atomic E-state index is -0.0432. The second-order valence-corrected chi connectivity index (χ2v) is 7.50. The van der Waals surface area contributed by atoms with Gasteiger partial charge in [0.15, 0.2) is 0 Å². The Morgan fingerprint density at radius 1 is 1.30 bits per heavy atom. The first-order chi connectivity index (χ1) is 9.57. The van der Waals surface area contributed by atoms with Crippen LogP contribution >= 0.6 is 11.8 Å². The molecule has 0 spiro atoms. The molecule has 0 aromatic heterocycles. The summed E-state index contributed by atoms with van der Waals surface area (Å²) in [4.78, 5) is 0. The van der Waals surface area contributed by atoms with Crippen molar-refractivity contribution >= 4 is 11.8 Å². The predicted octanol–water partition coefficient (Wildman–Crippen LogP) is 3.43. The Morgan fingerprint density at radius 2 is 2.00 bits per heavy atom. The van der Waals surface area contributed by atoms with E-state index in [1.165, 1.54) is 29.5 Å². The Bertz CT molecular complexity index is 422. The van der Waals surface area contributed by atoms with E-state index >= 15 is 0 Å². The molecule has 2 N–H and O–H groups in total. The SMILES string of the molecule is CNC1(CO)CCCC(SCc2cc(C)cc(C)c2)C1. The smallest absolute Gasteiger partial charge is 0.0613 e. The fourth-order valence-electron chi connectivity index (χ4n) is 3.27. The standard InChI is InChI=1S/C17H27NOS/c1-13-7-14(2)9-15(8-13)11-20-16-5-4-6-17(10-16,12-19)18-3/h7-9,16,18-19H,4-6,10-12H2,1-3H3. The highest BCUT2D eigenvalue weighted by Gasteiger charge is 2.34. The molecule has 20 heavy (non-hydrogen) atoms. The number of likely N-dealkylation sites (N-methyl/N-ethyl adjacent to an activating group) is 1. The number of thioether (sulfide) groups is 1. The summed E-state index contributed by atoms with van der Waals surface area (Å²) in [5.41, 5.74) is 4.09. The van der Waals surface area contributed by atoms with Gasteiger partial charge >= 0.3 is 0 Å². The van der Waals surface area contributed by atoms with Crippen molar-refractivity contribution in [1.29, 1.82) is 0 Å². The van der Waals surface area contributed by atoms with Crippen LogP contribution in [0.25, 0.3) is 0 Å². The number of hydrogen-bond acceptors (Lipinski definition) is 3. The van der Waals surface area contributed by atoms with Gasteiger partial charge in [-0.3, -0.25) is 0 Å². The number of aliphatic hydroxyl groups is 1. The van der Waals surface area contributed by atoms with Crippen molar-refractivity contribution in [2.24, 2.45) is 0 Å². The van der Waals surface area contributed by atoms with E-state index in [0.29, 0.717) is 5.25 Å². The number of hydrogen-bond donors (Lipinski definition) is 2. The number of nitrogens with one attached hydrogen (secondary N) is 1. The van der Waals surface area contributed by atoms with Crippen molar-refractivity contribution in [2.75, 3.05) is 13.7 Å². The Labute approximate surface area is 127 Å². The molecule has 1 aromatic carbocycles. The molecular weight excluding hydrogens is 266 g/mol. The lowest BCUT2D eigenvalue weighted by Crippen LogP contribution is -2.50. The number of aliphatic hydroxyl groups excluding tert-OH is 1. The van der Waals surface area contributed by atoms with Crippen molar-refractivity contribution in [3.63, 3.8) is 0 Å². The highest BCUT2D eigenvalue weighted by atomic mass is 32.2. The fourth-order valence-corrected chi connectivity index (χ4v) is 4.63. The molecule has 1 saturated carbocycles. The Kier molecular flexibility index (Phi) is 5.53. The van der Waals surface area contributed by atoms with Crippen LogP contribution in [-0.2, 0) is 5.75 Å². The largest absolute Gasteiger partial charge is 0.394 e. The zero-order chi connectivity index (χ0) is 14.6. The maximum atomic E-state index is 9.65. The van der Waals surface area contributed by atoms with Gasteiger partial charge in [0, 0.05) is 16.5 Å². The zero-order valence-electron chi connectivity index (χ0n) is 12.9. The molecule has 0 heterocycles. The molecule has 2 rings (SSSR count). The summed E-state index contributed by atoms with van der Waals surface area (Å²) >= 11 is 2.05. The molecule has 1 aliphatic carbocycles. The molecule has 2 nitrogen and oxygen atoms in total. The summed E-state index contributed by atoms with van der Waals surface area (Å²) in [6.07, 6.45) is 4.67. The van der Waals surface area contributed by atoms with E-state index < -0.39 is 0 Å². The van der Waals surface area contributed by atoms with Crippen LogP contribution in [-0.4, -0.2) is 29.5 Å². The van der Waals surface area contributed by atoms with E-state index in [1.807, 2.05) is 18.8 Å². The van der Waals surface area contributed by atoms with E-state index in [-0.39, 0.29) is 12.1 Å². The molecule has 2 unspecified atom stereocenters. The van der Waals surface area contributed by atoms with Crippen LogP contribution < -0.4 is 5.32 Å². The summed E-state index contributed by atoms with van der Waals surface area (Å²) in [6.45, 7) is 4.59. The van der Waals surface area contributed by atoms with E-state index in [2.05, 4.69) is 37.4 Å². The van der Waals surface area contributed by atoms with Gasteiger partial charge in [0.05, 0.1) is 6.61 Å². The quantitative estimate of drug-likeness (QED) is 0.872. The highest BCUT2D eigenvalue weighted by molar-refractivity contribution is 7.99. The van der Waals surface area contributed by atoms with Crippen LogP contribution in [0, 0.1) is 13.8 Å². The molecule has 1 fully saturated rings. The van der Waals surface area contributed by atoms with E-state index in [4.69, 9.17) is 0 Å². The maximum Gasteiger partial charge on any atom is 0.0613 e. The molecule has 0 bridgehead atoms. The van der Waals surface area contributed by atoms with Gasteiger partial charge in [0.25, 0.3) is 0 Å². The molecule has 112 valence electrons. The lowest BCUT2D eigenvalue weighted by molar-refractivity contribution is 0.131. The first-order valence-electron chi connectivity index (χ1n) is 7.55. The third kappa shape index (κ3) is 4.00. The van der Waals surface area contributed by atoms with Crippen molar-refractivity contribution < 1.29 is 5.11 Å². The van der Waals surface area contributed by atoms with E-state index in [0.717, 1.165) is 18.6 Å². The highest BCUT2D eigenvalue weighted by Crippen LogP contribution is 2.36. The molecular formula is C17H27NOS. The molecule has 0 amide bonds. The lowest BCUT2D eigenvalue weighted by atomic mass is 9.82. The molecule has 0 radical (unpaired) electrons. The van der Waals surface area contributed by atoms with Crippen LogP contribution in [0.15, 0.2) is 18.2 Å². The van der Waals surface area contributed by atoms with Crippen molar-refractivity contribution in [3.05, 3.63) is 34.9 Å². The Hall–Kier alpha value is -0.510. The van der Waals surface area contributed by atoms with Gasteiger partial charge in [-0.1, -0.05) is 35.7 Å². The third-order valence-corrected chi connectivity index (χ3v) is 5.77. The van der Waals surface area contributed by atoms with Gasteiger partial charge in [-0.25, -0.2) is 0 Å². The number of benzene rings is 1. The van der Waals surface area contributed by atoms with Gasteiger partial charge < -0.3 is 10.4 Å². The van der Waals surface area contributed by atoms with Crippen molar-refractivity contribution in [1.82, 2.24) is 5.32 Å². The topological polar surface area (TPSA) is 32.3 Å². The maximum absolute atomic E-state index is 9.65. The van der Waals surface area contributed by atoms with Gasteiger partial charge in [-0.05, 0) is 45.7 Å². The Morgan fingerprint density at radius 3 is 2.60 bits per heavy atom. The van der Waals surface area contributed by atoms with Crippen LogP contribution in [0.5, 0.6) is 0 Å². The second-order valence-electron chi connectivity index (χ2n) is 6.21. The number of aryl methyl sites for hydroxylation is 2. The summed E-state index contributed by atoms with van der Waals surface area (Å²) in [7, 11) is 1.98. The average molecular weight is 293 g/mol. The third-order valence-electron chi connectivity index (χ3n) is 4.40. The van der Waals surface area contributed by atoms with Gasteiger partial charge in [-0.2, -0.15) is 11.8 Å². The molecule has 1 aliphatic rings. The molecule has 0 saturated heterocycles. The van der Waals surface area contributed by atoms with Crippen molar-refractivity contribution in [2.45, 2.75) is 56.1 Å². The van der Waals surface area contributed by atoms with Gasteiger partial charge in [-0.15, -0.1) is 0 Å². The summed E-state index contributed by atoms with van der Waals surface area (Å²) in [5.74, 6) is 1.08. The van der Waals surface area contributed by atoms with Gasteiger partial charge in [0.1, 0.15) is 0 Å². The Balaban J connectivity index is 1.93. The predicted molar refractivity (Wildman–Crippen MR) is 88.3 cm³/mol. The van der Waals surface area contributed by atoms with Crippen molar-refractivity contribution in [3.8, 4) is 0 Å². The zero-order valence-corrected chi connectivity index (χ0v) is 13.7. The first-order valence-corrected chi connectivity index (χ1v) is 8.60. The normalized spacial score (nSPS) is 26.7. The van der Waals surface area contributed by atoms with Gasteiger partial charge in [0.2, 0.25) is 0 Å². The number of rotatable bonds is 5. The molecule has 1 aromatic rings. The summed E-state index contributed by atoms with van der Waals surface area (Å²) in [5, 5.41) is 13.7. The fraction of sp³-hybridized carbons (Fsp3) is 0.647. The summed E-state index contributed by atoms with van der Waals surface area (Å²) in [6, 6.07) is 6.81. The second kappa shape index (κ2) is 6.97. The van der Waals surface area contributed by atoms with Crippen LogP contribution in [0.1, 0.15) is 42.4 Å². The first kappa shape index (κ1) is 15.9. The lowest BCUT2D eigenvalue weighted by Gasteiger charge is -2.39. The van der Waals surface area contributed by atoms with Crippen LogP contribution in [0.4, 0.5) is 0 Å². The van der Waals surface area contributed by atoms with E-state index in [1.54, 1.807) is 0 Å². The average Bonchev–Trinajstić information content (AvgIpc) is 2.44. The monoisotopic (exact) mass is 293 g/mol. The minimum absolute atomic E-state index is 0.0432. The van der Waals surface area contributed by atoms with Crippen LogP contribution in [0.3, 0.4) is 0 Å². The summed E-state index contributed by atoms with van der Waals surface area (Å²) < 4.78 is 0.